The summed E-state index contributed by atoms with van der Waals surface area (Å²) in [5.41, 5.74) is 1.82. The minimum atomic E-state index is -0.445. The van der Waals surface area contributed by atoms with E-state index in [4.69, 9.17) is 9.84 Å². The Hall–Kier alpha value is -2.41. The van der Waals surface area contributed by atoms with Crippen LogP contribution in [0.4, 0.5) is 5.69 Å². The van der Waals surface area contributed by atoms with Crippen molar-refractivity contribution in [1.82, 2.24) is 9.55 Å². The summed E-state index contributed by atoms with van der Waals surface area (Å²) in [5.74, 6) is -0.445. The molecule has 0 bridgehead atoms. The fourth-order valence-electron chi connectivity index (χ4n) is 2.61. The number of esters is 1. The third-order valence-corrected chi connectivity index (χ3v) is 3.65. The van der Waals surface area contributed by atoms with Crippen LogP contribution < -0.4 is 10.9 Å². The lowest BCUT2D eigenvalue weighted by Crippen LogP contribution is -2.22. The first-order chi connectivity index (χ1) is 11.5. The van der Waals surface area contributed by atoms with Gasteiger partial charge < -0.3 is 15.2 Å². The summed E-state index contributed by atoms with van der Waals surface area (Å²) in [7, 11) is 0. The third kappa shape index (κ3) is 3.56. The zero-order valence-corrected chi connectivity index (χ0v) is 14.3. The maximum Gasteiger partial charge on any atom is 0.339 e. The number of aliphatic hydroxyl groups excluding tert-OH is 1. The number of carbonyl (C=O) groups is 1. The summed E-state index contributed by atoms with van der Waals surface area (Å²) in [6.07, 6.45) is 0.534. The number of fused-ring (bicyclic) bond motifs is 1. The highest BCUT2D eigenvalue weighted by Gasteiger charge is 2.19. The Bertz CT molecular complexity index is 799. The molecule has 0 saturated carbocycles. The number of carbonyl (C=O) groups excluding carboxylic acids is 1. The van der Waals surface area contributed by atoms with Crippen LogP contribution in [0.25, 0.3) is 11.0 Å². The molecule has 2 aromatic rings. The summed E-state index contributed by atoms with van der Waals surface area (Å²) in [6.45, 7) is 6.62. The number of aliphatic hydroxyl groups is 1. The summed E-state index contributed by atoms with van der Waals surface area (Å²) < 4.78 is 6.68. The number of rotatable bonds is 7. The van der Waals surface area contributed by atoms with Gasteiger partial charge in [0.1, 0.15) is 5.65 Å². The predicted molar refractivity (Wildman–Crippen MR) is 92.6 cm³/mol. The molecule has 24 heavy (non-hydrogen) atoms. The lowest BCUT2D eigenvalue weighted by molar-refractivity contribution is 0.0528. The van der Waals surface area contributed by atoms with Crippen LogP contribution in [-0.2, 0) is 11.3 Å². The third-order valence-electron chi connectivity index (χ3n) is 3.65. The number of hydrogen-bond acceptors (Lipinski definition) is 6. The van der Waals surface area contributed by atoms with E-state index in [-0.39, 0.29) is 18.8 Å². The molecule has 0 aliphatic carbocycles. The summed E-state index contributed by atoms with van der Waals surface area (Å²) in [6, 6.07) is 3.13. The van der Waals surface area contributed by atoms with Gasteiger partial charge in [0.25, 0.3) is 5.56 Å². The molecule has 2 N–H and O–H groups in total. The molecular weight excluding hydrogens is 310 g/mol. The van der Waals surface area contributed by atoms with Crippen molar-refractivity contribution < 1.29 is 14.6 Å². The van der Waals surface area contributed by atoms with Crippen molar-refractivity contribution in [2.45, 2.75) is 33.7 Å². The highest BCUT2D eigenvalue weighted by Crippen LogP contribution is 2.26. The van der Waals surface area contributed by atoms with Crippen LogP contribution in [0.2, 0.25) is 0 Å². The lowest BCUT2D eigenvalue weighted by atomic mass is 10.1. The molecule has 7 heteroatoms. The standard InChI is InChI=1S/C17H23N3O4/c1-4-20-14(22)10-13(18-7-6-8-21)15-12(17(23)24-5-2)9-11(3)19-16(15)20/h9-10,18,21H,4-8H2,1-3H3. The SMILES string of the molecule is CCOC(=O)c1cc(C)nc2c1c(NCCCO)cc(=O)n2CC. The minimum Gasteiger partial charge on any atom is -0.462 e. The molecule has 0 spiro atoms. The zero-order valence-electron chi connectivity index (χ0n) is 14.3. The van der Waals surface area contributed by atoms with E-state index in [9.17, 15) is 9.59 Å². The predicted octanol–water partition coefficient (Wildman–Crippen LogP) is 1.70. The Morgan fingerprint density at radius 1 is 1.38 bits per heavy atom. The average molecular weight is 333 g/mol. The molecular formula is C17H23N3O4. The normalized spacial score (nSPS) is 10.8. The van der Waals surface area contributed by atoms with E-state index in [1.165, 1.54) is 10.6 Å². The molecule has 0 amide bonds. The van der Waals surface area contributed by atoms with E-state index >= 15 is 0 Å². The molecule has 0 saturated heterocycles. The highest BCUT2D eigenvalue weighted by atomic mass is 16.5. The first-order valence-corrected chi connectivity index (χ1v) is 8.10. The summed E-state index contributed by atoms with van der Waals surface area (Å²) >= 11 is 0. The molecule has 130 valence electrons. The summed E-state index contributed by atoms with van der Waals surface area (Å²) in [4.78, 5) is 29.2. The Balaban J connectivity index is 2.75. The fraction of sp³-hybridized carbons (Fsp3) is 0.471. The average Bonchev–Trinajstić information content (AvgIpc) is 2.54. The van der Waals surface area contributed by atoms with Gasteiger partial charge in [-0.05, 0) is 33.3 Å². The Kier molecular flexibility index (Phi) is 5.92. The number of hydrogen-bond donors (Lipinski definition) is 2. The Morgan fingerprint density at radius 2 is 2.12 bits per heavy atom. The van der Waals surface area contributed by atoms with Crippen molar-refractivity contribution in [3.8, 4) is 0 Å². The van der Waals surface area contributed by atoms with E-state index in [1.54, 1.807) is 19.9 Å². The smallest absolute Gasteiger partial charge is 0.339 e. The van der Waals surface area contributed by atoms with E-state index in [0.717, 1.165) is 0 Å². The van der Waals surface area contributed by atoms with Crippen molar-refractivity contribution in [3.63, 3.8) is 0 Å². The molecule has 2 heterocycles. The van der Waals surface area contributed by atoms with Crippen molar-refractivity contribution in [2.24, 2.45) is 0 Å². The number of pyridine rings is 2. The Morgan fingerprint density at radius 3 is 2.75 bits per heavy atom. The Labute approximate surface area is 140 Å². The van der Waals surface area contributed by atoms with Gasteiger partial charge >= 0.3 is 5.97 Å². The second kappa shape index (κ2) is 7.92. The topological polar surface area (TPSA) is 93.5 Å². The number of ether oxygens (including phenoxy) is 1. The van der Waals surface area contributed by atoms with E-state index < -0.39 is 5.97 Å². The molecule has 0 aliphatic rings. The molecule has 2 rings (SSSR count). The number of nitrogens with one attached hydrogen (secondary N) is 1. The van der Waals surface area contributed by atoms with Gasteiger partial charge in [0.15, 0.2) is 0 Å². The van der Waals surface area contributed by atoms with Crippen LogP contribution in [0, 0.1) is 6.92 Å². The number of anilines is 1. The number of nitrogens with zero attached hydrogens (tertiary/aromatic N) is 2. The van der Waals surface area contributed by atoms with E-state index in [1.807, 2.05) is 6.92 Å². The van der Waals surface area contributed by atoms with Crippen LogP contribution in [0.5, 0.6) is 0 Å². The lowest BCUT2D eigenvalue weighted by Gasteiger charge is -2.16. The first-order valence-electron chi connectivity index (χ1n) is 8.10. The van der Waals surface area contributed by atoms with Gasteiger partial charge in [-0.15, -0.1) is 0 Å². The van der Waals surface area contributed by atoms with E-state index in [2.05, 4.69) is 10.3 Å². The largest absolute Gasteiger partial charge is 0.462 e. The van der Waals surface area contributed by atoms with Gasteiger partial charge in [-0.3, -0.25) is 9.36 Å². The van der Waals surface area contributed by atoms with Crippen LogP contribution >= 0.6 is 0 Å². The zero-order chi connectivity index (χ0) is 17.7. The maximum absolute atomic E-state index is 12.4. The van der Waals surface area contributed by atoms with Crippen LogP contribution in [0.3, 0.4) is 0 Å². The molecule has 0 fully saturated rings. The minimum absolute atomic E-state index is 0.0407. The molecule has 0 aromatic carbocycles. The first kappa shape index (κ1) is 17.9. The molecule has 0 radical (unpaired) electrons. The van der Waals surface area contributed by atoms with Crippen LogP contribution in [0.15, 0.2) is 16.9 Å². The fourth-order valence-corrected chi connectivity index (χ4v) is 2.61. The van der Waals surface area contributed by atoms with Gasteiger partial charge in [0.05, 0.1) is 23.2 Å². The molecule has 0 unspecified atom stereocenters. The van der Waals surface area contributed by atoms with Crippen molar-refractivity contribution in [2.75, 3.05) is 25.1 Å². The van der Waals surface area contributed by atoms with Crippen LogP contribution in [-0.4, -0.2) is 40.4 Å². The number of aryl methyl sites for hydroxylation is 2. The quantitative estimate of drug-likeness (QED) is 0.592. The maximum atomic E-state index is 12.4. The monoisotopic (exact) mass is 333 g/mol. The second-order valence-corrected chi connectivity index (χ2v) is 5.37. The van der Waals surface area contributed by atoms with Crippen molar-refractivity contribution >= 4 is 22.7 Å². The van der Waals surface area contributed by atoms with Gasteiger partial charge in [-0.1, -0.05) is 0 Å². The van der Waals surface area contributed by atoms with Gasteiger partial charge in [-0.25, -0.2) is 9.78 Å². The van der Waals surface area contributed by atoms with E-state index in [0.29, 0.717) is 47.5 Å². The van der Waals surface area contributed by atoms with Gasteiger partial charge in [-0.2, -0.15) is 0 Å². The van der Waals surface area contributed by atoms with Gasteiger partial charge in [0.2, 0.25) is 0 Å². The highest BCUT2D eigenvalue weighted by molar-refractivity contribution is 6.07. The van der Waals surface area contributed by atoms with Crippen LogP contribution in [0.1, 0.15) is 36.3 Å². The van der Waals surface area contributed by atoms with Gasteiger partial charge in [0, 0.05) is 31.5 Å². The van der Waals surface area contributed by atoms with Crippen molar-refractivity contribution in [1.29, 1.82) is 0 Å². The molecule has 0 aliphatic heterocycles. The molecule has 0 atom stereocenters. The molecule has 2 aromatic heterocycles. The second-order valence-electron chi connectivity index (χ2n) is 5.37. The molecule has 7 nitrogen and oxygen atoms in total. The number of aromatic nitrogens is 2. The summed E-state index contributed by atoms with van der Waals surface area (Å²) in [5, 5.41) is 12.6. The van der Waals surface area contributed by atoms with Crippen molar-refractivity contribution in [3.05, 3.63) is 33.7 Å².